The molecular formula is C10H19N3. The maximum Gasteiger partial charge on any atom is 0.0638 e. The molecule has 1 aliphatic rings. The molecule has 74 valence electrons. The standard InChI is InChI=1S/C10H19N3/c1-10(2)5-7-12-8-9(4-6-11)13(10)3/h9,12H,4-5,7-8H2,1-3H3. The first-order chi connectivity index (χ1) is 6.08. The molecule has 3 heteroatoms. The summed E-state index contributed by atoms with van der Waals surface area (Å²) >= 11 is 0. The van der Waals surface area contributed by atoms with Crippen LogP contribution in [0.2, 0.25) is 0 Å². The van der Waals surface area contributed by atoms with Gasteiger partial charge < -0.3 is 5.32 Å². The van der Waals surface area contributed by atoms with E-state index in [1.54, 1.807) is 0 Å². The Bertz CT molecular complexity index is 205. The lowest BCUT2D eigenvalue weighted by Gasteiger charge is -2.38. The van der Waals surface area contributed by atoms with Crippen molar-refractivity contribution in [2.24, 2.45) is 0 Å². The van der Waals surface area contributed by atoms with E-state index in [-0.39, 0.29) is 5.54 Å². The molecule has 0 amide bonds. The van der Waals surface area contributed by atoms with E-state index in [4.69, 9.17) is 5.26 Å². The molecule has 0 bridgehead atoms. The van der Waals surface area contributed by atoms with Crippen molar-refractivity contribution in [3.8, 4) is 6.07 Å². The SMILES string of the molecule is CN1C(CC#N)CNCCC1(C)C. The number of nitrogens with zero attached hydrogens (tertiary/aromatic N) is 2. The highest BCUT2D eigenvalue weighted by atomic mass is 15.2. The minimum atomic E-state index is 0.213. The molecule has 1 unspecified atom stereocenters. The molecule has 1 aliphatic heterocycles. The number of nitrogens with one attached hydrogen (secondary N) is 1. The monoisotopic (exact) mass is 181 g/mol. The number of likely N-dealkylation sites (N-methyl/N-ethyl adjacent to an activating group) is 1. The molecule has 1 rings (SSSR count). The van der Waals surface area contributed by atoms with Crippen LogP contribution in [0.3, 0.4) is 0 Å². The summed E-state index contributed by atoms with van der Waals surface area (Å²) in [6.07, 6.45) is 1.76. The molecule has 1 N–H and O–H groups in total. The second-order valence-corrected chi connectivity index (χ2v) is 4.39. The average molecular weight is 181 g/mol. The van der Waals surface area contributed by atoms with Crippen molar-refractivity contribution in [3.05, 3.63) is 0 Å². The Labute approximate surface area is 80.7 Å². The number of nitriles is 1. The normalized spacial score (nSPS) is 29.2. The van der Waals surface area contributed by atoms with Crippen LogP contribution in [0.4, 0.5) is 0 Å². The first kappa shape index (κ1) is 10.5. The van der Waals surface area contributed by atoms with Crippen LogP contribution in [0.25, 0.3) is 0 Å². The summed E-state index contributed by atoms with van der Waals surface area (Å²) in [5.74, 6) is 0. The fourth-order valence-corrected chi connectivity index (χ4v) is 1.78. The molecule has 1 fully saturated rings. The lowest BCUT2D eigenvalue weighted by atomic mass is 9.97. The van der Waals surface area contributed by atoms with Gasteiger partial charge in [-0.15, -0.1) is 0 Å². The summed E-state index contributed by atoms with van der Waals surface area (Å²) in [4.78, 5) is 2.33. The van der Waals surface area contributed by atoms with Crippen LogP contribution in [0.15, 0.2) is 0 Å². The molecule has 0 aromatic carbocycles. The van der Waals surface area contributed by atoms with Crippen molar-refractivity contribution in [1.29, 1.82) is 5.26 Å². The van der Waals surface area contributed by atoms with Crippen LogP contribution < -0.4 is 5.32 Å². The zero-order chi connectivity index (χ0) is 9.90. The molecule has 1 saturated heterocycles. The topological polar surface area (TPSA) is 39.1 Å². The van der Waals surface area contributed by atoms with Crippen LogP contribution in [-0.4, -0.2) is 36.6 Å². The lowest BCUT2D eigenvalue weighted by Crippen LogP contribution is -2.47. The van der Waals surface area contributed by atoms with Gasteiger partial charge in [0.1, 0.15) is 0 Å². The van der Waals surface area contributed by atoms with Crippen LogP contribution in [-0.2, 0) is 0 Å². The molecular weight excluding hydrogens is 162 g/mol. The summed E-state index contributed by atoms with van der Waals surface area (Å²) in [6, 6.07) is 2.62. The maximum absolute atomic E-state index is 8.69. The summed E-state index contributed by atoms with van der Waals surface area (Å²) in [7, 11) is 2.12. The Balaban J connectivity index is 2.68. The van der Waals surface area contributed by atoms with Gasteiger partial charge in [0.25, 0.3) is 0 Å². The van der Waals surface area contributed by atoms with Gasteiger partial charge in [-0.25, -0.2) is 0 Å². The highest BCUT2D eigenvalue weighted by Gasteiger charge is 2.31. The van der Waals surface area contributed by atoms with E-state index in [1.807, 2.05) is 0 Å². The molecule has 3 nitrogen and oxygen atoms in total. The van der Waals surface area contributed by atoms with Crippen molar-refractivity contribution in [2.45, 2.75) is 38.3 Å². The summed E-state index contributed by atoms with van der Waals surface area (Å²) < 4.78 is 0. The molecule has 0 aliphatic carbocycles. The van der Waals surface area contributed by atoms with Crippen molar-refractivity contribution in [1.82, 2.24) is 10.2 Å². The van der Waals surface area contributed by atoms with E-state index in [1.165, 1.54) is 0 Å². The van der Waals surface area contributed by atoms with Gasteiger partial charge in [-0.3, -0.25) is 4.90 Å². The van der Waals surface area contributed by atoms with Gasteiger partial charge in [0, 0.05) is 18.1 Å². The van der Waals surface area contributed by atoms with Gasteiger partial charge in [-0.1, -0.05) is 0 Å². The zero-order valence-electron chi connectivity index (χ0n) is 8.80. The van der Waals surface area contributed by atoms with Gasteiger partial charge in [0.05, 0.1) is 12.5 Å². The van der Waals surface area contributed by atoms with E-state index in [9.17, 15) is 0 Å². The summed E-state index contributed by atoms with van der Waals surface area (Å²) in [5, 5.41) is 12.1. The van der Waals surface area contributed by atoms with Gasteiger partial charge in [0.15, 0.2) is 0 Å². The van der Waals surface area contributed by atoms with E-state index >= 15 is 0 Å². The second-order valence-electron chi connectivity index (χ2n) is 4.39. The van der Waals surface area contributed by atoms with E-state index in [0.717, 1.165) is 19.5 Å². The van der Waals surface area contributed by atoms with Crippen LogP contribution in [0, 0.1) is 11.3 Å². The Kier molecular flexibility index (Phi) is 3.29. The first-order valence-corrected chi connectivity index (χ1v) is 4.88. The van der Waals surface area contributed by atoms with E-state index in [0.29, 0.717) is 12.5 Å². The third kappa shape index (κ3) is 2.43. The number of hydrogen-bond donors (Lipinski definition) is 1. The zero-order valence-corrected chi connectivity index (χ0v) is 8.80. The van der Waals surface area contributed by atoms with Gasteiger partial charge in [-0.05, 0) is 33.9 Å². The van der Waals surface area contributed by atoms with Crippen LogP contribution in [0.5, 0.6) is 0 Å². The summed E-state index contributed by atoms with van der Waals surface area (Å²) in [6.45, 7) is 6.47. The fourth-order valence-electron chi connectivity index (χ4n) is 1.78. The number of rotatable bonds is 1. The largest absolute Gasteiger partial charge is 0.315 e. The highest BCUT2D eigenvalue weighted by molar-refractivity contribution is 4.92. The third-order valence-electron chi connectivity index (χ3n) is 3.12. The minimum Gasteiger partial charge on any atom is -0.315 e. The Hall–Kier alpha value is -0.590. The van der Waals surface area contributed by atoms with E-state index in [2.05, 4.69) is 37.2 Å². The maximum atomic E-state index is 8.69. The Morgan fingerprint density at radius 3 is 2.92 bits per heavy atom. The molecule has 0 radical (unpaired) electrons. The first-order valence-electron chi connectivity index (χ1n) is 4.88. The van der Waals surface area contributed by atoms with Crippen LogP contribution in [0.1, 0.15) is 26.7 Å². The van der Waals surface area contributed by atoms with Crippen molar-refractivity contribution < 1.29 is 0 Å². The smallest absolute Gasteiger partial charge is 0.0638 e. The average Bonchev–Trinajstić information content (AvgIpc) is 2.18. The molecule has 13 heavy (non-hydrogen) atoms. The molecule has 0 spiro atoms. The molecule has 0 aromatic rings. The third-order valence-corrected chi connectivity index (χ3v) is 3.12. The predicted molar refractivity (Wildman–Crippen MR) is 53.3 cm³/mol. The Morgan fingerprint density at radius 1 is 1.62 bits per heavy atom. The molecule has 0 aromatic heterocycles. The van der Waals surface area contributed by atoms with Crippen molar-refractivity contribution in [2.75, 3.05) is 20.1 Å². The second kappa shape index (κ2) is 4.08. The number of hydrogen-bond acceptors (Lipinski definition) is 3. The molecule has 0 saturated carbocycles. The quantitative estimate of drug-likeness (QED) is 0.655. The van der Waals surface area contributed by atoms with Crippen LogP contribution >= 0.6 is 0 Å². The lowest BCUT2D eigenvalue weighted by molar-refractivity contribution is 0.114. The van der Waals surface area contributed by atoms with Gasteiger partial charge in [0.2, 0.25) is 0 Å². The summed E-state index contributed by atoms with van der Waals surface area (Å²) in [5.41, 5.74) is 0.213. The predicted octanol–water partition coefficient (Wildman–Crippen LogP) is 0.972. The van der Waals surface area contributed by atoms with Gasteiger partial charge >= 0.3 is 0 Å². The molecule has 1 heterocycles. The van der Waals surface area contributed by atoms with Crippen molar-refractivity contribution in [3.63, 3.8) is 0 Å². The van der Waals surface area contributed by atoms with Gasteiger partial charge in [-0.2, -0.15) is 5.26 Å². The fraction of sp³-hybridized carbons (Fsp3) is 0.900. The van der Waals surface area contributed by atoms with Crippen molar-refractivity contribution >= 4 is 0 Å². The Morgan fingerprint density at radius 2 is 2.31 bits per heavy atom. The molecule has 1 atom stereocenters. The highest BCUT2D eigenvalue weighted by Crippen LogP contribution is 2.22. The minimum absolute atomic E-state index is 0.213. The van der Waals surface area contributed by atoms with E-state index < -0.39 is 0 Å².